The summed E-state index contributed by atoms with van der Waals surface area (Å²) in [6.45, 7) is 2.11. The van der Waals surface area contributed by atoms with E-state index in [1.165, 1.54) is 27.0 Å². The van der Waals surface area contributed by atoms with Crippen LogP contribution in [0, 0.1) is 6.92 Å². The summed E-state index contributed by atoms with van der Waals surface area (Å²) < 4.78 is 0. The van der Waals surface area contributed by atoms with Gasteiger partial charge in [0.2, 0.25) is 0 Å². The lowest BCUT2D eigenvalue weighted by Gasteiger charge is -2.05. The maximum Gasteiger partial charge on any atom is 0.128 e. The molecule has 0 atom stereocenters. The Hall–Kier alpha value is -1.69. The van der Waals surface area contributed by atoms with Gasteiger partial charge in [0.1, 0.15) is 16.2 Å². The number of nitrogens with zero attached hydrogens (tertiary/aromatic N) is 2. The molecule has 0 saturated heterocycles. The summed E-state index contributed by atoms with van der Waals surface area (Å²) >= 11 is 5.27. The van der Waals surface area contributed by atoms with Crippen LogP contribution in [0.4, 0.5) is 0 Å². The fraction of sp³-hybridized carbons (Fsp3) is 0.111. The smallest absolute Gasteiger partial charge is 0.128 e. The summed E-state index contributed by atoms with van der Waals surface area (Å²) in [7, 11) is 0. The fourth-order valence-electron chi connectivity index (χ4n) is 2.44. The second kappa shape index (κ2) is 6.43. The first-order chi connectivity index (χ1) is 11.3. The number of aromatic nitrogens is 2. The van der Waals surface area contributed by atoms with E-state index in [0.29, 0.717) is 0 Å². The van der Waals surface area contributed by atoms with Crippen molar-refractivity contribution >= 4 is 44.7 Å². The van der Waals surface area contributed by atoms with Crippen molar-refractivity contribution in [1.29, 1.82) is 0 Å². The lowest BCUT2D eigenvalue weighted by molar-refractivity contribution is 1.11. The molecule has 0 fully saturated rings. The number of fused-ring (bicyclic) bond motifs is 1. The van der Waals surface area contributed by atoms with Gasteiger partial charge in [0.25, 0.3) is 0 Å². The quantitative estimate of drug-likeness (QED) is 0.331. The largest absolute Gasteiger partial charge is 0.229 e. The molecule has 0 bridgehead atoms. The fourth-order valence-corrected chi connectivity index (χ4v) is 5.20. The molecule has 0 radical (unpaired) electrons. The maximum atomic E-state index is 4.55. The van der Waals surface area contributed by atoms with Crippen molar-refractivity contribution in [3.8, 4) is 11.1 Å². The number of hydrogen-bond acceptors (Lipinski definition) is 5. The first-order valence-corrected chi connectivity index (χ1v) is 10.00. The average molecular weight is 355 g/mol. The Labute approximate surface area is 147 Å². The van der Waals surface area contributed by atoms with E-state index in [-0.39, 0.29) is 0 Å². The van der Waals surface area contributed by atoms with E-state index in [9.17, 15) is 0 Å². The predicted octanol–water partition coefficient (Wildman–Crippen LogP) is 6.02. The SMILES string of the molecule is Cc1ccc(-c2csc3ncnc(SCc4cccs4)c23)cc1. The van der Waals surface area contributed by atoms with Gasteiger partial charge in [-0.3, -0.25) is 0 Å². The van der Waals surface area contributed by atoms with Gasteiger partial charge in [-0.05, 0) is 23.9 Å². The van der Waals surface area contributed by atoms with E-state index >= 15 is 0 Å². The van der Waals surface area contributed by atoms with Crippen molar-refractivity contribution in [2.45, 2.75) is 17.7 Å². The van der Waals surface area contributed by atoms with Crippen LogP contribution in [0.3, 0.4) is 0 Å². The van der Waals surface area contributed by atoms with Crippen LogP contribution in [-0.2, 0) is 5.75 Å². The molecule has 114 valence electrons. The molecule has 0 aliphatic rings. The van der Waals surface area contributed by atoms with Crippen LogP contribution < -0.4 is 0 Å². The minimum absolute atomic E-state index is 0.951. The lowest BCUT2D eigenvalue weighted by atomic mass is 10.1. The van der Waals surface area contributed by atoms with E-state index < -0.39 is 0 Å². The minimum atomic E-state index is 0.951. The highest BCUT2D eigenvalue weighted by atomic mass is 32.2. The number of rotatable bonds is 4. The number of thiophene rings is 2. The summed E-state index contributed by atoms with van der Waals surface area (Å²) in [5.41, 5.74) is 3.74. The van der Waals surface area contributed by atoms with Gasteiger partial charge in [0, 0.05) is 21.6 Å². The van der Waals surface area contributed by atoms with Gasteiger partial charge in [-0.1, -0.05) is 35.9 Å². The molecule has 4 aromatic rings. The molecule has 0 spiro atoms. The second-order valence-corrected chi connectivity index (χ2v) is 8.10. The van der Waals surface area contributed by atoms with Gasteiger partial charge >= 0.3 is 0 Å². The van der Waals surface area contributed by atoms with E-state index in [1.54, 1.807) is 40.8 Å². The van der Waals surface area contributed by atoms with E-state index in [1.807, 2.05) is 0 Å². The summed E-state index contributed by atoms with van der Waals surface area (Å²) in [6, 6.07) is 12.9. The van der Waals surface area contributed by atoms with Crippen molar-refractivity contribution in [3.63, 3.8) is 0 Å². The van der Waals surface area contributed by atoms with Gasteiger partial charge in [-0.25, -0.2) is 9.97 Å². The molecule has 3 heterocycles. The molecule has 3 aromatic heterocycles. The molecule has 1 aromatic carbocycles. The van der Waals surface area contributed by atoms with Crippen LogP contribution in [0.2, 0.25) is 0 Å². The normalized spacial score (nSPS) is 11.2. The first kappa shape index (κ1) is 14.9. The zero-order chi connectivity index (χ0) is 15.6. The standard InChI is InChI=1S/C18H14N2S3/c1-12-4-6-13(7-5-12)15-10-23-18-16(15)17(19-11-20-18)22-9-14-3-2-8-21-14/h2-8,10-11H,9H2,1H3. The zero-order valence-corrected chi connectivity index (χ0v) is 15.0. The average Bonchev–Trinajstić information content (AvgIpc) is 3.23. The monoisotopic (exact) mass is 354 g/mol. The molecule has 0 saturated carbocycles. The first-order valence-electron chi connectivity index (χ1n) is 7.26. The van der Waals surface area contributed by atoms with Gasteiger partial charge in [-0.15, -0.1) is 34.4 Å². The van der Waals surface area contributed by atoms with Gasteiger partial charge < -0.3 is 0 Å². The molecule has 4 rings (SSSR count). The van der Waals surface area contributed by atoms with Crippen LogP contribution in [0.15, 0.2) is 58.5 Å². The summed E-state index contributed by atoms with van der Waals surface area (Å²) in [5.74, 6) is 0.951. The molecule has 0 unspecified atom stereocenters. The molecule has 23 heavy (non-hydrogen) atoms. The molecule has 0 amide bonds. The van der Waals surface area contributed by atoms with Crippen molar-refractivity contribution in [1.82, 2.24) is 9.97 Å². The second-order valence-electron chi connectivity index (χ2n) is 5.24. The van der Waals surface area contributed by atoms with Gasteiger partial charge in [0.15, 0.2) is 0 Å². The molecule has 0 aliphatic carbocycles. The Morgan fingerprint density at radius 2 is 1.91 bits per heavy atom. The molecule has 0 aliphatic heterocycles. The molecule has 0 N–H and O–H groups in total. The van der Waals surface area contributed by atoms with Crippen molar-refractivity contribution in [2.75, 3.05) is 0 Å². The lowest BCUT2D eigenvalue weighted by Crippen LogP contribution is -1.86. The van der Waals surface area contributed by atoms with Crippen LogP contribution in [0.1, 0.15) is 10.4 Å². The van der Waals surface area contributed by atoms with Crippen molar-refractivity contribution < 1.29 is 0 Å². The van der Waals surface area contributed by atoms with Crippen molar-refractivity contribution in [2.24, 2.45) is 0 Å². The Balaban J connectivity index is 1.75. The Morgan fingerprint density at radius 1 is 1.04 bits per heavy atom. The number of aryl methyl sites for hydroxylation is 1. The van der Waals surface area contributed by atoms with Crippen LogP contribution in [0.5, 0.6) is 0 Å². The Bertz CT molecular complexity index is 925. The predicted molar refractivity (Wildman–Crippen MR) is 101 cm³/mol. The summed E-state index contributed by atoms with van der Waals surface area (Å²) in [4.78, 5) is 11.4. The topological polar surface area (TPSA) is 25.8 Å². The minimum Gasteiger partial charge on any atom is -0.229 e. The van der Waals surface area contributed by atoms with E-state index in [0.717, 1.165) is 15.6 Å². The van der Waals surface area contributed by atoms with Crippen LogP contribution >= 0.6 is 34.4 Å². The highest BCUT2D eigenvalue weighted by molar-refractivity contribution is 7.98. The van der Waals surface area contributed by atoms with Crippen LogP contribution in [0.25, 0.3) is 21.3 Å². The highest BCUT2D eigenvalue weighted by Crippen LogP contribution is 2.38. The van der Waals surface area contributed by atoms with E-state index in [4.69, 9.17) is 0 Å². The molecular weight excluding hydrogens is 340 g/mol. The number of thioether (sulfide) groups is 1. The third-order valence-electron chi connectivity index (χ3n) is 3.63. The van der Waals surface area contributed by atoms with Gasteiger partial charge in [-0.2, -0.15) is 0 Å². The van der Waals surface area contributed by atoms with Gasteiger partial charge in [0.05, 0.1) is 5.39 Å². The molecule has 5 heteroatoms. The molecular formula is C18H14N2S3. The third kappa shape index (κ3) is 3.04. The Morgan fingerprint density at radius 3 is 2.70 bits per heavy atom. The highest BCUT2D eigenvalue weighted by Gasteiger charge is 2.13. The van der Waals surface area contributed by atoms with Crippen molar-refractivity contribution in [3.05, 3.63) is 63.9 Å². The number of benzene rings is 1. The third-order valence-corrected chi connectivity index (χ3v) is 6.61. The van der Waals surface area contributed by atoms with Crippen LogP contribution in [-0.4, -0.2) is 9.97 Å². The maximum absolute atomic E-state index is 4.55. The number of hydrogen-bond donors (Lipinski definition) is 0. The van der Waals surface area contributed by atoms with E-state index in [2.05, 4.69) is 64.1 Å². The summed E-state index contributed by atoms with van der Waals surface area (Å²) in [5, 5.41) is 6.57. The summed E-state index contributed by atoms with van der Waals surface area (Å²) in [6.07, 6.45) is 1.68. The zero-order valence-electron chi connectivity index (χ0n) is 12.5. The Kier molecular flexibility index (Phi) is 4.16. The molecule has 2 nitrogen and oxygen atoms in total.